The van der Waals surface area contributed by atoms with Crippen LogP contribution in [-0.2, 0) is 9.53 Å². The van der Waals surface area contributed by atoms with E-state index in [1.54, 1.807) is 0 Å². The van der Waals surface area contributed by atoms with Crippen LogP contribution in [0, 0.1) is 5.92 Å². The Kier molecular flexibility index (Phi) is 5.30. The Balaban J connectivity index is 1.38. The van der Waals surface area contributed by atoms with Crippen LogP contribution in [0.4, 0.5) is 17.1 Å². The van der Waals surface area contributed by atoms with Gasteiger partial charge in [-0.2, -0.15) is 0 Å². The van der Waals surface area contributed by atoms with Crippen LogP contribution in [0.3, 0.4) is 0 Å². The number of amides is 2. The highest BCUT2D eigenvalue weighted by Gasteiger charge is 2.30. The minimum absolute atomic E-state index is 0.0146. The number of anilines is 3. The maximum Gasteiger partial charge on any atom is 0.257 e. The molecule has 2 aliphatic rings. The first-order valence-corrected chi connectivity index (χ1v) is 10.8. The monoisotopic (exact) mass is 415 g/mol. The average molecular weight is 415 g/mol. The molecule has 2 fully saturated rings. The molecule has 1 heterocycles. The molecule has 1 saturated heterocycles. The number of rotatable bonds is 5. The summed E-state index contributed by atoms with van der Waals surface area (Å²) in [4.78, 5) is 27.8. The summed E-state index contributed by atoms with van der Waals surface area (Å²) < 4.78 is 5.41. The SMILES string of the molecule is O=C(Nc1ccc(N2CCOCC2)cc1)c1cc2ccccc2cc1NC(=O)C1CC1. The first kappa shape index (κ1) is 19.6. The Morgan fingerprint density at radius 3 is 2.23 bits per heavy atom. The van der Waals surface area contributed by atoms with E-state index in [1.165, 1.54) is 0 Å². The second kappa shape index (κ2) is 8.40. The van der Waals surface area contributed by atoms with Gasteiger partial charge in [-0.05, 0) is 60.0 Å². The molecule has 0 spiro atoms. The van der Waals surface area contributed by atoms with Gasteiger partial charge in [0.2, 0.25) is 5.91 Å². The summed E-state index contributed by atoms with van der Waals surface area (Å²) in [6.45, 7) is 3.20. The molecule has 158 valence electrons. The molecule has 0 radical (unpaired) electrons. The maximum absolute atomic E-state index is 13.1. The molecule has 0 bridgehead atoms. The molecule has 6 heteroatoms. The van der Waals surface area contributed by atoms with Crippen molar-refractivity contribution in [2.24, 2.45) is 5.92 Å². The zero-order chi connectivity index (χ0) is 21.2. The van der Waals surface area contributed by atoms with Crippen LogP contribution in [-0.4, -0.2) is 38.1 Å². The van der Waals surface area contributed by atoms with Crippen molar-refractivity contribution in [3.8, 4) is 0 Å². The quantitative estimate of drug-likeness (QED) is 0.653. The number of hydrogen-bond acceptors (Lipinski definition) is 4. The first-order valence-electron chi connectivity index (χ1n) is 10.8. The molecule has 3 aromatic rings. The van der Waals surface area contributed by atoms with E-state index in [4.69, 9.17) is 4.74 Å². The third kappa shape index (κ3) is 4.39. The Morgan fingerprint density at radius 1 is 0.871 bits per heavy atom. The van der Waals surface area contributed by atoms with Crippen LogP contribution < -0.4 is 15.5 Å². The van der Waals surface area contributed by atoms with E-state index in [2.05, 4.69) is 15.5 Å². The highest BCUT2D eigenvalue weighted by molar-refractivity contribution is 6.13. The smallest absolute Gasteiger partial charge is 0.257 e. The second-order valence-corrected chi connectivity index (χ2v) is 8.11. The lowest BCUT2D eigenvalue weighted by atomic mass is 10.0. The lowest BCUT2D eigenvalue weighted by Crippen LogP contribution is -2.36. The van der Waals surface area contributed by atoms with Gasteiger partial charge in [0, 0.05) is 30.4 Å². The van der Waals surface area contributed by atoms with Gasteiger partial charge in [-0.1, -0.05) is 24.3 Å². The van der Waals surface area contributed by atoms with Crippen molar-refractivity contribution >= 4 is 39.6 Å². The molecular weight excluding hydrogens is 390 g/mol. The van der Waals surface area contributed by atoms with Crippen molar-refractivity contribution in [3.63, 3.8) is 0 Å². The molecular formula is C25H25N3O3. The van der Waals surface area contributed by atoms with Crippen LogP contribution >= 0.6 is 0 Å². The van der Waals surface area contributed by atoms with E-state index in [-0.39, 0.29) is 17.7 Å². The van der Waals surface area contributed by atoms with Crippen LogP contribution in [0.15, 0.2) is 60.7 Å². The largest absolute Gasteiger partial charge is 0.378 e. The number of morpholine rings is 1. The normalized spacial score (nSPS) is 16.2. The van der Waals surface area contributed by atoms with Gasteiger partial charge in [-0.3, -0.25) is 9.59 Å². The van der Waals surface area contributed by atoms with Crippen molar-refractivity contribution in [1.82, 2.24) is 0 Å². The summed E-state index contributed by atoms with van der Waals surface area (Å²) in [5.41, 5.74) is 2.85. The fraction of sp³-hybridized carbons (Fsp3) is 0.280. The van der Waals surface area contributed by atoms with E-state index in [0.29, 0.717) is 11.3 Å². The number of fused-ring (bicyclic) bond motifs is 1. The summed E-state index contributed by atoms with van der Waals surface area (Å²) in [6, 6.07) is 19.4. The van der Waals surface area contributed by atoms with Crippen LogP contribution in [0.2, 0.25) is 0 Å². The van der Waals surface area contributed by atoms with Crippen LogP contribution in [0.25, 0.3) is 10.8 Å². The van der Waals surface area contributed by atoms with E-state index in [1.807, 2.05) is 60.7 Å². The molecule has 1 aliphatic heterocycles. The van der Waals surface area contributed by atoms with Crippen molar-refractivity contribution in [2.45, 2.75) is 12.8 Å². The third-order valence-electron chi connectivity index (χ3n) is 5.84. The number of carbonyl (C=O) groups excluding carboxylic acids is 2. The standard InChI is InChI=1S/C25H25N3O3/c29-24(17-5-6-17)27-23-16-19-4-2-1-3-18(19)15-22(23)25(30)26-20-7-9-21(10-8-20)28-11-13-31-14-12-28/h1-4,7-10,15-17H,5-6,11-14H2,(H,26,30)(H,27,29). The molecule has 3 aromatic carbocycles. The van der Waals surface area contributed by atoms with Gasteiger partial charge in [0.15, 0.2) is 0 Å². The highest BCUT2D eigenvalue weighted by atomic mass is 16.5. The molecule has 1 aliphatic carbocycles. The lowest BCUT2D eigenvalue weighted by molar-refractivity contribution is -0.117. The van der Waals surface area contributed by atoms with Gasteiger partial charge in [-0.15, -0.1) is 0 Å². The molecule has 31 heavy (non-hydrogen) atoms. The van der Waals surface area contributed by atoms with E-state index in [9.17, 15) is 9.59 Å². The van der Waals surface area contributed by atoms with Crippen LogP contribution in [0.1, 0.15) is 23.2 Å². The molecule has 0 unspecified atom stereocenters. The number of ether oxygens (including phenoxy) is 1. The van der Waals surface area contributed by atoms with E-state index in [0.717, 1.165) is 61.3 Å². The third-order valence-corrected chi connectivity index (χ3v) is 5.84. The zero-order valence-electron chi connectivity index (χ0n) is 17.3. The van der Waals surface area contributed by atoms with Gasteiger partial charge < -0.3 is 20.3 Å². The molecule has 6 nitrogen and oxygen atoms in total. The molecule has 0 atom stereocenters. The van der Waals surface area contributed by atoms with E-state index < -0.39 is 0 Å². The van der Waals surface area contributed by atoms with Crippen molar-refractivity contribution in [2.75, 3.05) is 41.8 Å². The van der Waals surface area contributed by atoms with Gasteiger partial charge in [-0.25, -0.2) is 0 Å². The van der Waals surface area contributed by atoms with Crippen LogP contribution in [0.5, 0.6) is 0 Å². The van der Waals surface area contributed by atoms with Gasteiger partial charge in [0.1, 0.15) is 0 Å². The van der Waals surface area contributed by atoms with Crippen molar-refractivity contribution in [3.05, 3.63) is 66.2 Å². The minimum Gasteiger partial charge on any atom is -0.378 e. The van der Waals surface area contributed by atoms with Crippen molar-refractivity contribution < 1.29 is 14.3 Å². The van der Waals surface area contributed by atoms with Gasteiger partial charge >= 0.3 is 0 Å². The molecule has 2 N–H and O–H groups in total. The van der Waals surface area contributed by atoms with Gasteiger partial charge in [0.05, 0.1) is 24.5 Å². The Labute approximate surface area is 181 Å². The van der Waals surface area contributed by atoms with E-state index >= 15 is 0 Å². The maximum atomic E-state index is 13.1. The number of nitrogens with zero attached hydrogens (tertiary/aromatic N) is 1. The van der Waals surface area contributed by atoms with Gasteiger partial charge in [0.25, 0.3) is 5.91 Å². The Morgan fingerprint density at radius 2 is 1.55 bits per heavy atom. The average Bonchev–Trinajstić information content (AvgIpc) is 3.65. The topological polar surface area (TPSA) is 70.7 Å². The molecule has 1 saturated carbocycles. The zero-order valence-corrected chi connectivity index (χ0v) is 17.3. The summed E-state index contributed by atoms with van der Waals surface area (Å²) >= 11 is 0. The highest BCUT2D eigenvalue weighted by Crippen LogP contribution is 2.32. The lowest BCUT2D eigenvalue weighted by Gasteiger charge is -2.28. The molecule has 5 rings (SSSR count). The predicted molar refractivity (Wildman–Crippen MR) is 123 cm³/mol. The fourth-order valence-corrected chi connectivity index (χ4v) is 3.89. The number of carbonyl (C=O) groups is 2. The Hall–Kier alpha value is -3.38. The predicted octanol–water partition coefficient (Wildman–Crippen LogP) is 4.28. The number of hydrogen-bond donors (Lipinski definition) is 2. The minimum atomic E-state index is -0.240. The number of nitrogens with one attached hydrogen (secondary N) is 2. The van der Waals surface area contributed by atoms with Crippen molar-refractivity contribution in [1.29, 1.82) is 0 Å². The summed E-state index contributed by atoms with van der Waals surface area (Å²) in [5.74, 6) is -0.190. The Bertz CT molecular complexity index is 1120. The summed E-state index contributed by atoms with van der Waals surface area (Å²) in [6.07, 6.45) is 1.83. The second-order valence-electron chi connectivity index (χ2n) is 8.11. The number of benzene rings is 3. The fourth-order valence-electron chi connectivity index (χ4n) is 3.89. The first-order chi connectivity index (χ1) is 15.2. The molecule has 2 amide bonds. The summed E-state index contributed by atoms with van der Waals surface area (Å²) in [7, 11) is 0. The molecule has 0 aromatic heterocycles. The summed E-state index contributed by atoms with van der Waals surface area (Å²) in [5, 5.41) is 7.89.